The van der Waals surface area contributed by atoms with Crippen molar-refractivity contribution in [1.82, 2.24) is 10.2 Å². The summed E-state index contributed by atoms with van der Waals surface area (Å²) < 4.78 is 0. The number of nitrogens with one attached hydrogen (secondary N) is 1. The lowest BCUT2D eigenvalue weighted by Crippen LogP contribution is -2.39. The molecule has 1 saturated heterocycles. The molecule has 1 unspecified atom stereocenters. The van der Waals surface area contributed by atoms with Crippen LogP contribution in [0.15, 0.2) is 0 Å². The van der Waals surface area contributed by atoms with Gasteiger partial charge in [0.15, 0.2) is 0 Å². The highest BCUT2D eigenvalue weighted by Crippen LogP contribution is 2.14. The van der Waals surface area contributed by atoms with Gasteiger partial charge in [0.25, 0.3) is 0 Å². The smallest absolute Gasteiger partial charge is 0.226 e. The number of carbonyl (C=O) groups excluding carboxylic acids is 1. The van der Waals surface area contributed by atoms with E-state index >= 15 is 0 Å². The monoisotopic (exact) mass is 198 g/mol. The fourth-order valence-electron chi connectivity index (χ4n) is 2.02. The van der Waals surface area contributed by atoms with E-state index in [1.807, 2.05) is 18.7 Å². The molecule has 1 rings (SSSR count). The van der Waals surface area contributed by atoms with Crippen LogP contribution in [-0.4, -0.2) is 37.0 Å². The highest BCUT2D eigenvalue weighted by molar-refractivity contribution is 5.79. The van der Waals surface area contributed by atoms with Gasteiger partial charge in [-0.15, -0.1) is 0 Å². The van der Waals surface area contributed by atoms with Crippen LogP contribution in [0.3, 0.4) is 0 Å². The quantitative estimate of drug-likeness (QED) is 0.740. The SMILES string of the molecule is CCN(CC)C(=O)C1CCCCNC1. The van der Waals surface area contributed by atoms with E-state index < -0.39 is 0 Å². The molecular weight excluding hydrogens is 176 g/mol. The topological polar surface area (TPSA) is 32.3 Å². The molecule has 0 aromatic rings. The van der Waals surface area contributed by atoms with Crippen LogP contribution in [0.2, 0.25) is 0 Å². The Hall–Kier alpha value is -0.570. The van der Waals surface area contributed by atoms with Crippen molar-refractivity contribution in [2.24, 2.45) is 5.92 Å². The van der Waals surface area contributed by atoms with Gasteiger partial charge in [-0.05, 0) is 33.2 Å². The third-order valence-corrected chi connectivity index (χ3v) is 2.97. The van der Waals surface area contributed by atoms with E-state index in [9.17, 15) is 4.79 Å². The van der Waals surface area contributed by atoms with Gasteiger partial charge in [-0.3, -0.25) is 4.79 Å². The maximum absolute atomic E-state index is 12.0. The lowest BCUT2D eigenvalue weighted by molar-refractivity contribution is -0.135. The van der Waals surface area contributed by atoms with Crippen molar-refractivity contribution < 1.29 is 4.79 Å². The number of carbonyl (C=O) groups is 1. The predicted molar refractivity (Wildman–Crippen MR) is 58.1 cm³/mol. The largest absolute Gasteiger partial charge is 0.343 e. The number of hydrogen-bond acceptors (Lipinski definition) is 2. The molecule has 0 aromatic heterocycles. The fraction of sp³-hybridized carbons (Fsp3) is 0.909. The summed E-state index contributed by atoms with van der Waals surface area (Å²) in [7, 11) is 0. The van der Waals surface area contributed by atoms with Crippen molar-refractivity contribution in [2.75, 3.05) is 26.2 Å². The van der Waals surface area contributed by atoms with Gasteiger partial charge in [-0.2, -0.15) is 0 Å². The van der Waals surface area contributed by atoms with Gasteiger partial charge in [-0.1, -0.05) is 6.42 Å². The molecule has 1 atom stereocenters. The lowest BCUT2D eigenvalue weighted by atomic mass is 10.0. The first-order valence-corrected chi connectivity index (χ1v) is 5.79. The van der Waals surface area contributed by atoms with E-state index in [1.54, 1.807) is 0 Å². The molecule has 0 bridgehead atoms. The normalized spacial score (nSPS) is 22.9. The van der Waals surface area contributed by atoms with Gasteiger partial charge < -0.3 is 10.2 Å². The summed E-state index contributed by atoms with van der Waals surface area (Å²) in [6, 6.07) is 0. The minimum Gasteiger partial charge on any atom is -0.343 e. The number of nitrogens with zero attached hydrogens (tertiary/aromatic N) is 1. The van der Waals surface area contributed by atoms with Gasteiger partial charge in [0.1, 0.15) is 0 Å². The zero-order valence-electron chi connectivity index (χ0n) is 9.38. The third-order valence-electron chi connectivity index (χ3n) is 2.97. The molecule has 0 aliphatic carbocycles. The number of hydrogen-bond donors (Lipinski definition) is 1. The molecule has 1 amide bonds. The van der Waals surface area contributed by atoms with Crippen LogP contribution in [0.25, 0.3) is 0 Å². The molecule has 0 spiro atoms. The van der Waals surface area contributed by atoms with Crippen molar-refractivity contribution in [3.8, 4) is 0 Å². The second-order valence-electron chi connectivity index (χ2n) is 3.91. The highest BCUT2D eigenvalue weighted by atomic mass is 16.2. The first-order valence-electron chi connectivity index (χ1n) is 5.79. The average Bonchev–Trinajstić information content (AvgIpc) is 2.47. The standard InChI is InChI=1S/C11H22N2O/c1-3-13(4-2)11(14)10-7-5-6-8-12-9-10/h10,12H,3-9H2,1-2H3. The van der Waals surface area contributed by atoms with Gasteiger partial charge in [-0.25, -0.2) is 0 Å². The van der Waals surface area contributed by atoms with Crippen molar-refractivity contribution in [3.63, 3.8) is 0 Å². The Morgan fingerprint density at radius 2 is 2.07 bits per heavy atom. The lowest BCUT2D eigenvalue weighted by Gasteiger charge is -2.24. The van der Waals surface area contributed by atoms with Crippen LogP contribution in [0, 0.1) is 5.92 Å². The Morgan fingerprint density at radius 1 is 1.36 bits per heavy atom. The predicted octanol–water partition coefficient (Wildman–Crippen LogP) is 1.24. The van der Waals surface area contributed by atoms with Crippen LogP contribution >= 0.6 is 0 Å². The first kappa shape index (κ1) is 11.5. The van der Waals surface area contributed by atoms with E-state index in [1.165, 1.54) is 12.8 Å². The van der Waals surface area contributed by atoms with Gasteiger partial charge in [0.05, 0.1) is 5.92 Å². The molecule has 3 heteroatoms. The van der Waals surface area contributed by atoms with Gasteiger partial charge in [0, 0.05) is 19.6 Å². The Labute approximate surface area is 86.9 Å². The Balaban J connectivity index is 2.48. The molecule has 1 fully saturated rings. The summed E-state index contributed by atoms with van der Waals surface area (Å²) in [4.78, 5) is 13.9. The van der Waals surface area contributed by atoms with Crippen LogP contribution in [0.1, 0.15) is 33.1 Å². The zero-order chi connectivity index (χ0) is 10.4. The van der Waals surface area contributed by atoms with E-state index in [0.29, 0.717) is 5.91 Å². The second kappa shape index (κ2) is 6.02. The van der Waals surface area contributed by atoms with E-state index in [-0.39, 0.29) is 5.92 Å². The van der Waals surface area contributed by atoms with Crippen molar-refractivity contribution in [1.29, 1.82) is 0 Å². The molecule has 1 aliphatic rings. The fourth-order valence-corrected chi connectivity index (χ4v) is 2.02. The third kappa shape index (κ3) is 2.98. The molecule has 0 aromatic carbocycles. The zero-order valence-corrected chi connectivity index (χ0v) is 9.38. The number of amides is 1. The molecule has 82 valence electrons. The summed E-state index contributed by atoms with van der Waals surface area (Å²) in [5.41, 5.74) is 0. The maximum Gasteiger partial charge on any atom is 0.226 e. The second-order valence-corrected chi connectivity index (χ2v) is 3.91. The Kier molecular flexibility index (Phi) is 4.94. The Morgan fingerprint density at radius 3 is 2.71 bits per heavy atom. The van der Waals surface area contributed by atoms with E-state index in [0.717, 1.165) is 32.6 Å². The summed E-state index contributed by atoms with van der Waals surface area (Å²) in [6.07, 6.45) is 3.45. The maximum atomic E-state index is 12.0. The van der Waals surface area contributed by atoms with Crippen LogP contribution < -0.4 is 5.32 Å². The van der Waals surface area contributed by atoms with Crippen molar-refractivity contribution in [2.45, 2.75) is 33.1 Å². The van der Waals surface area contributed by atoms with Gasteiger partial charge >= 0.3 is 0 Å². The summed E-state index contributed by atoms with van der Waals surface area (Å²) in [5, 5.41) is 3.33. The summed E-state index contributed by atoms with van der Waals surface area (Å²) in [6.45, 7) is 7.71. The van der Waals surface area contributed by atoms with Crippen LogP contribution in [0.5, 0.6) is 0 Å². The molecule has 14 heavy (non-hydrogen) atoms. The minimum atomic E-state index is 0.220. The molecule has 1 aliphatic heterocycles. The first-order chi connectivity index (χ1) is 6.79. The van der Waals surface area contributed by atoms with E-state index in [2.05, 4.69) is 5.32 Å². The number of rotatable bonds is 3. The minimum absolute atomic E-state index is 0.220. The van der Waals surface area contributed by atoms with E-state index in [4.69, 9.17) is 0 Å². The molecule has 1 heterocycles. The molecule has 0 saturated carbocycles. The summed E-state index contributed by atoms with van der Waals surface area (Å²) >= 11 is 0. The van der Waals surface area contributed by atoms with Crippen LogP contribution in [0.4, 0.5) is 0 Å². The Bertz CT molecular complexity index is 170. The highest BCUT2D eigenvalue weighted by Gasteiger charge is 2.23. The van der Waals surface area contributed by atoms with Crippen molar-refractivity contribution >= 4 is 5.91 Å². The molecule has 3 nitrogen and oxygen atoms in total. The van der Waals surface area contributed by atoms with Crippen molar-refractivity contribution in [3.05, 3.63) is 0 Å². The molecule has 1 N–H and O–H groups in total. The average molecular weight is 198 g/mol. The van der Waals surface area contributed by atoms with Gasteiger partial charge in [0.2, 0.25) is 5.91 Å². The van der Waals surface area contributed by atoms with Crippen LogP contribution in [-0.2, 0) is 4.79 Å². The molecule has 0 radical (unpaired) electrons. The summed E-state index contributed by atoms with van der Waals surface area (Å²) in [5.74, 6) is 0.557. The molecular formula is C11H22N2O.